The number of hydrogen-bond acceptors (Lipinski definition) is 7. The van der Waals surface area contributed by atoms with Crippen LogP contribution in [0.5, 0.6) is 0 Å². The maximum absolute atomic E-state index is 12.8. The van der Waals surface area contributed by atoms with Gasteiger partial charge in [0, 0.05) is 43.3 Å². The fraction of sp³-hybridized carbons (Fsp3) is 0.192. The number of hydrogen-bond donors (Lipinski definition) is 4. The van der Waals surface area contributed by atoms with Crippen LogP contribution in [0.2, 0.25) is 0 Å². The van der Waals surface area contributed by atoms with Crippen LogP contribution < -0.4 is 21.8 Å². The number of aromatic nitrogens is 3. The molecule has 190 valence electrons. The Morgan fingerprint density at radius 2 is 1.86 bits per heavy atom. The molecule has 0 saturated carbocycles. The number of nitrogens with two attached hydrogens (primary N) is 1. The van der Waals surface area contributed by atoms with E-state index in [1.54, 1.807) is 59.4 Å². The maximum atomic E-state index is 12.8. The molecule has 11 nitrogen and oxygen atoms in total. The van der Waals surface area contributed by atoms with Gasteiger partial charge in [0.2, 0.25) is 5.43 Å². The van der Waals surface area contributed by atoms with Gasteiger partial charge in [0.1, 0.15) is 17.0 Å². The number of nitrogens with one attached hydrogen (secondary N) is 2. The maximum Gasteiger partial charge on any atom is 0.343 e. The van der Waals surface area contributed by atoms with Gasteiger partial charge in [0.25, 0.3) is 0 Å². The summed E-state index contributed by atoms with van der Waals surface area (Å²) in [6.07, 6.45) is 3.35. The molecule has 5 N–H and O–H groups in total. The van der Waals surface area contributed by atoms with Crippen LogP contribution in [-0.4, -0.2) is 57.2 Å². The van der Waals surface area contributed by atoms with Gasteiger partial charge < -0.3 is 30.9 Å². The lowest BCUT2D eigenvalue weighted by molar-refractivity contribution is 0.0696. The second-order valence-electron chi connectivity index (χ2n) is 8.66. The summed E-state index contributed by atoms with van der Waals surface area (Å²) in [5.74, 6) is -1.51. The molecule has 4 rings (SSSR count). The van der Waals surface area contributed by atoms with Gasteiger partial charge in [-0.2, -0.15) is 0 Å². The average Bonchev–Trinajstić information content (AvgIpc) is 2.88. The topological polar surface area (TPSA) is 155 Å². The fourth-order valence-corrected chi connectivity index (χ4v) is 3.81. The van der Waals surface area contributed by atoms with Crippen LogP contribution >= 0.6 is 0 Å². The van der Waals surface area contributed by atoms with Crippen LogP contribution in [0.4, 0.5) is 16.3 Å². The van der Waals surface area contributed by atoms with E-state index in [0.717, 1.165) is 11.1 Å². The number of likely N-dealkylation sites (N-methyl/N-ethyl adjacent to an activating group) is 1. The molecule has 0 aliphatic heterocycles. The van der Waals surface area contributed by atoms with Crippen molar-refractivity contribution in [3.8, 4) is 11.3 Å². The first-order valence-corrected chi connectivity index (χ1v) is 11.5. The quantitative estimate of drug-likeness (QED) is 0.287. The summed E-state index contributed by atoms with van der Waals surface area (Å²) in [5, 5.41) is 15.3. The van der Waals surface area contributed by atoms with E-state index in [1.807, 2.05) is 25.1 Å². The van der Waals surface area contributed by atoms with Gasteiger partial charge in [0.05, 0.1) is 11.1 Å². The molecule has 2 amide bonds. The Labute approximate surface area is 212 Å². The summed E-state index contributed by atoms with van der Waals surface area (Å²) in [5.41, 5.74) is 8.10. The Morgan fingerprint density at radius 3 is 2.51 bits per heavy atom. The largest absolute Gasteiger partial charge is 0.477 e. The highest BCUT2D eigenvalue weighted by atomic mass is 16.4. The van der Waals surface area contributed by atoms with Crippen LogP contribution in [-0.2, 0) is 13.1 Å². The minimum Gasteiger partial charge on any atom is -0.477 e. The summed E-state index contributed by atoms with van der Waals surface area (Å²) in [4.78, 5) is 47.4. The molecule has 0 radical (unpaired) electrons. The van der Waals surface area contributed by atoms with Crippen molar-refractivity contribution in [1.29, 1.82) is 0 Å². The molecule has 0 spiro atoms. The van der Waals surface area contributed by atoms with Crippen molar-refractivity contribution < 1.29 is 14.7 Å². The van der Waals surface area contributed by atoms with Crippen molar-refractivity contribution in [2.75, 3.05) is 31.7 Å². The molecule has 0 fully saturated rings. The van der Waals surface area contributed by atoms with E-state index in [2.05, 4.69) is 20.6 Å². The number of urea groups is 1. The number of pyridine rings is 3. The number of aromatic carboxylic acids is 1. The Bertz CT molecular complexity index is 1500. The molecule has 37 heavy (non-hydrogen) atoms. The first kappa shape index (κ1) is 25.3. The first-order chi connectivity index (χ1) is 17.7. The van der Waals surface area contributed by atoms with E-state index in [0.29, 0.717) is 36.7 Å². The van der Waals surface area contributed by atoms with Gasteiger partial charge in [0.15, 0.2) is 0 Å². The van der Waals surface area contributed by atoms with Gasteiger partial charge in [-0.1, -0.05) is 18.2 Å². The van der Waals surface area contributed by atoms with Crippen molar-refractivity contribution in [3.05, 3.63) is 82.3 Å². The van der Waals surface area contributed by atoms with Crippen LogP contribution in [0, 0.1) is 0 Å². The third kappa shape index (κ3) is 5.73. The molecular formula is C26H27N7O4. The van der Waals surface area contributed by atoms with E-state index >= 15 is 0 Å². The van der Waals surface area contributed by atoms with Crippen molar-refractivity contribution in [2.24, 2.45) is 0 Å². The van der Waals surface area contributed by atoms with Crippen molar-refractivity contribution in [2.45, 2.75) is 13.1 Å². The standard InChI is InChI=1S/C26H27N7O4/c1-32(2)12-13-33-23(27)21(25(35)36)22(34)19-9-10-20(31-24(19)33)17-5-7-18(8-6-17)30-26(37)29-15-16-4-3-11-28-14-16/h3-11,14H,12-13,15,27H2,1-2H3,(H,35,36)(H2,29,30,37). The zero-order valence-electron chi connectivity index (χ0n) is 20.4. The number of nitrogen functional groups attached to an aromatic ring is 1. The number of amides is 2. The molecule has 0 aliphatic rings. The molecule has 3 heterocycles. The van der Waals surface area contributed by atoms with E-state index < -0.39 is 17.0 Å². The van der Waals surface area contributed by atoms with Crippen LogP contribution in [0.3, 0.4) is 0 Å². The van der Waals surface area contributed by atoms with Crippen molar-refractivity contribution in [3.63, 3.8) is 0 Å². The Balaban J connectivity index is 1.59. The fourth-order valence-electron chi connectivity index (χ4n) is 3.81. The van der Waals surface area contributed by atoms with Crippen molar-refractivity contribution >= 4 is 34.5 Å². The minimum atomic E-state index is -1.38. The number of carboxylic acid groups (broad SMARTS) is 1. The number of nitrogens with zero attached hydrogens (tertiary/aromatic N) is 4. The highest BCUT2D eigenvalue weighted by Crippen LogP contribution is 2.24. The molecular weight excluding hydrogens is 474 g/mol. The number of carboxylic acids is 1. The van der Waals surface area contributed by atoms with E-state index in [9.17, 15) is 19.5 Å². The summed E-state index contributed by atoms with van der Waals surface area (Å²) >= 11 is 0. The van der Waals surface area contributed by atoms with E-state index in [4.69, 9.17) is 5.73 Å². The van der Waals surface area contributed by atoms with E-state index in [1.165, 1.54) is 0 Å². The van der Waals surface area contributed by atoms with Gasteiger partial charge in [-0.3, -0.25) is 9.78 Å². The summed E-state index contributed by atoms with van der Waals surface area (Å²) in [6.45, 7) is 1.26. The second-order valence-corrected chi connectivity index (χ2v) is 8.66. The van der Waals surface area contributed by atoms with Crippen LogP contribution in [0.1, 0.15) is 15.9 Å². The zero-order valence-corrected chi connectivity index (χ0v) is 20.4. The molecule has 0 saturated heterocycles. The van der Waals surface area contributed by atoms with Gasteiger partial charge >= 0.3 is 12.0 Å². The second kappa shape index (κ2) is 10.9. The zero-order chi connectivity index (χ0) is 26.5. The predicted molar refractivity (Wildman–Crippen MR) is 141 cm³/mol. The summed E-state index contributed by atoms with van der Waals surface area (Å²) in [6, 6.07) is 13.6. The lowest BCUT2D eigenvalue weighted by atomic mass is 10.1. The third-order valence-electron chi connectivity index (χ3n) is 5.75. The lowest BCUT2D eigenvalue weighted by Gasteiger charge is -2.18. The molecule has 3 aromatic heterocycles. The number of carbonyl (C=O) groups excluding carboxylic acids is 1. The number of fused-ring (bicyclic) bond motifs is 1. The Hall–Kier alpha value is -4.77. The lowest BCUT2D eigenvalue weighted by Crippen LogP contribution is -2.28. The summed E-state index contributed by atoms with van der Waals surface area (Å²) in [7, 11) is 3.76. The Kier molecular flexibility index (Phi) is 7.44. The number of anilines is 2. The molecule has 0 unspecified atom stereocenters. The molecule has 0 aliphatic carbocycles. The molecule has 0 atom stereocenters. The molecule has 0 bridgehead atoms. The normalized spacial score (nSPS) is 11.0. The van der Waals surface area contributed by atoms with Gasteiger partial charge in [-0.05, 0) is 50.0 Å². The smallest absolute Gasteiger partial charge is 0.343 e. The highest BCUT2D eigenvalue weighted by molar-refractivity contribution is 5.97. The summed E-state index contributed by atoms with van der Waals surface area (Å²) < 4.78 is 1.56. The monoisotopic (exact) mass is 501 g/mol. The van der Waals surface area contributed by atoms with Crippen molar-refractivity contribution in [1.82, 2.24) is 24.8 Å². The van der Waals surface area contributed by atoms with Gasteiger partial charge in [-0.25, -0.2) is 14.6 Å². The molecule has 11 heteroatoms. The number of carbonyl (C=O) groups is 2. The SMILES string of the molecule is CN(C)CCn1c(N)c(C(=O)O)c(=O)c2ccc(-c3ccc(NC(=O)NCc4cccnc4)cc3)nc21. The third-order valence-corrected chi connectivity index (χ3v) is 5.75. The average molecular weight is 502 g/mol. The number of benzene rings is 1. The van der Waals surface area contributed by atoms with Gasteiger partial charge in [-0.15, -0.1) is 0 Å². The molecule has 1 aromatic carbocycles. The molecule has 4 aromatic rings. The first-order valence-electron chi connectivity index (χ1n) is 11.5. The number of rotatable bonds is 8. The minimum absolute atomic E-state index is 0.131. The highest BCUT2D eigenvalue weighted by Gasteiger charge is 2.21. The predicted octanol–water partition coefficient (Wildman–Crippen LogP) is 2.62. The van der Waals surface area contributed by atoms with E-state index in [-0.39, 0.29) is 17.2 Å². The van der Waals surface area contributed by atoms with Crippen LogP contribution in [0.25, 0.3) is 22.3 Å². The Morgan fingerprint density at radius 1 is 1.11 bits per heavy atom. The van der Waals surface area contributed by atoms with Crippen LogP contribution in [0.15, 0.2) is 65.7 Å².